The lowest BCUT2D eigenvalue weighted by atomic mass is 9.97. The molecule has 0 amide bonds. The first-order valence-corrected chi connectivity index (χ1v) is 20.1. The monoisotopic (exact) mass is 874 g/mol. The third-order valence-corrected chi connectivity index (χ3v) is 10.0. The van der Waals surface area contributed by atoms with Gasteiger partial charge in [-0.2, -0.15) is 0 Å². The second-order valence-electron chi connectivity index (χ2n) is 14.4. The number of ether oxygens (including phenoxy) is 9. The first kappa shape index (κ1) is 44.8. The largest absolute Gasteiger partial charge is 0.459 e. The van der Waals surface area contributed by atoms with Crippen LogP contribution in [0, 0.1) is 0 Å². The van der Waals surface area contributed by atoms with Gasteiger partial charge in [-0.25, -0.2) is 24.0 Å². The summed E-state index contributed by atoms with van der Waals surface area (Å²) in [5.74, 6) is -5.36. The zero-order valence-electron chi connectivity index (χ0n) is 34.1. The first-order valence-electron chi connectivity index (χ1n) is 20.1. The number of carbonyl (C=O) groups is 6. The lowest BCUT2D eigenvalue weighted by Gasteiger charge is -2.46. The van der Waals surface area contributed by atoms with E-state index in [0.717, 1.165) is 6.92 Å². The summed E-state index contributed by atoms with van der Waals surface area (Å²) in [6.45, 7) is -0.0890. The van der Waals surface area contributed by atoms with Crippen LogP contribution in [0.1, 0.15) is 58.7 Å². The number of hydrogen-bond acceptors (Lipinski definition) is 16. The molecule has 4 unspecified atom stereocenters. The highest BCUT2D eigenvalue weighted by atomic mass is 16.8. The molecule has 1 N–H and O–H groups in total. The van der Waals surface area contributed by atoms with Crippen molar-refractivity contribution in [2.24, 2.45) is 0 Å². The van der Waals surface area contributed by atoms with Gasteiger partial charge in [-0.3, -0.25) is 4.79 Å². The van der Waals surface area contributed by atoms with E-state index in [4.69, 9.17) is 42.6 Å². The molecule has 7 rings (SSSR count). The summed E-state index contributed by atoms with van der Waals surface area (Å²) in [7, 11) is 0. The molecular formula is C48H42O16. The molecule has 2 heterocycles. The van der Waals surface area contributed by atoms with Crippen LogP contribution in [-0.4, -0.2) is 109 Å². The number of benzene rings is 5. The highest BCUT2D eigenvalue weighted by molar-refractivity contribution is 5.92. The van der Waals surface area contributed by atoms with E-state index in [9.17, 15) is 33.9 Å². The standard InChI is InChI=1S/C48H42O16/c1-29(49)58-38-36(28-57-47(55)40(38)63-45(53)33-23-13-5-14-24-33)60-48-41(64-46(54)34-25-15-6-16-26-34)39(62-44(52)32-21-11-4-12-22-32)37(61-43(51)31-19-9-3-10-20-31)35(59-48)27-56-42(50)30-17-7-2-8-18-30/h2-26,35-41,47-48,55H,27-28H2,1H3/t35?,36-,37-,38-,39-,40?,41?,47?,48-/m0/s1. The molecular weight excluding hydrogens is 833 g/mol. The smallest absolute Gasteiger partial charge is 0.338 e. The van der Waals surface area contributed by atoms with Crippen LogP contribution < -0.4 is 0 Å². The van der Waals surface area contributed by atoms with Crippen LogP contribution in [0.15, 0.2) is 152 Å². The first-order chi connectivity index (χ1) is 31.0. The second-order valence-corrected chi connectivity index (χ2v) is 14.4. The number of esters is 6. The van der Waals surface area contributed by atoms with E-state index in [1.165, 1.54) is 60.7 Å². The maximum Gasteiger partial charge on any atom is 0.338 e. The van der Waals surface area contributed by atoms with Crippen LogP contribution >= 0.6 is 0 Å². The highest BCUT2D eigenvalue weighted by Crippen LogP contribution is 2.34. The molecule has 2 fully saturated rings. The summed E-state index contributed by atoms with van der Waals surface area (Å²) >= 11 is 0. The van der Waals surface area contributed by atoms with Crippen LogP contribution in [0.25, 0.3) is 0 Å². The third kappa shape index (κ3) is 11.2. The third-order valence-electron chi connectivity index (χ3n) is 10.0. The summed E-state index contributed by atoms with van der Waals surface area (Å²) in [6.07, 6.45) is -15.2. The topological polar surface area (TPSA) is 206 Å². The van der Waals surface area contributed by atoms with Gasteiger partial charge in [-0.05, 0) is 60.7 Å². The van der Waals surface area contributed by atoms with Crippen LogP contribution in [0.4, 0.5) is 0 Å². The van der Waals surface area contributed by atoms with Gasteiger partial charge in [0.25, 0.3) is 0 Å². The van der Waals surface area contributed by atoms with E-state index in [2.05, 4.69) is 0 Å². The number of carbonyl (C=O) groups excluding carboxylic acids is 6. The molecule has 0 bridgehead atoms. The summed E-state index contributed by atoms with van der Waals surface area (Å²) in [6, 6.07) is 39.2. The predicted molar refractivity (Wildman–Crippen MR) is 220 cm³/mol. The molecule has 5 aromatic rings. The van der Waals surface area contributed by atoms with Crippen molar-refractivity contribution < 1.29 is 76.5 Å². The molecule has 0 radical (unpaired) electrons. The molecule has 16 heteroatoms. The zero-order chi connectivity index (χ0) is 45.0. The average Bonchev–Trinajstić information content (AvgIpc) is 3.33. The van der Waals surface area contributed by atoms with Crippen molar-refractivity contribution in [3.63, 3.8) is 0 Å². The minimum Gasteiger partial charge on any atom is -0.459 e. The van der Waals surface area contributed by atoms with E-state index in [1.54, 1.807) is 91.0 Å². The Morgan fingerprint density at radius 3 is 1.28 bits per heavy atom. The van der Waals surface area contributed by atoms with Gasteiger partial charge in [-0.15, -0.1) is 0 Å². The number of rotatable bonds is 14. The van der Waals surface area contributed by atoms with Gasteiger partial charge in [0.05, 0.1) is 34.4 Å². The van der Waals surface area contributed by atoms with Gasteiger partial charge in [0.1, 0.15) is 18.8 Å². The molecule has 5 aromatic carbocycles. The molecule has 2 aliphatic heterocycles. The summed E-state index contributed by atoms with van der Waals surface area (Å²) in [4.78, 5) is 81.1. The molecule has 330 valence electrons. The van der Waals surface area contributed by atoms with Crippen molar-refractivity contribution in [2.75, 3.05) is 13.2 Å². The predicted octanol–water partition coefficient (Wildman–Crippen LogP) is 5.14. The summed E-state index contributed by atoms with van der Waals surface area (Å²) in [5, 5.41) is 11.0. The van der Waals surface area contributed by atoms with Crippen LogP contribution in [0.3, 0.4) is 0 Å². The van der Waals surface area contributed by atoms with E-state index in [0.29, 0.717) is 0 Å². The molecule has 0 spiro atoms. The van der Waals surface area contributed by atoms with Crippen molar-refractivity contribution in [1.29, 1.82) is 0 Å². The Balaban J connectivity index is 1.30. The van der Waals surface area contributed by atoms with Gasteiger partial charge < -0.3 is 47.7 Å². The molecule has 16 nitrogen and oxygen atoms in total. The Hall–Kier alpha value is -7.24. The maximum atomic E-state index is 14.0. The van der Waals surface area contributed by atoms with Crippen molar-refractivity contribution in [2.45, 2.75) is 62.2 Å². The molecule has 9 atom stereocenters. The summed E-state index contributed by atoms with van der Waals surface area (Å²) < 4.78 is 53.7. The Kier molecular flexibility index (Phi) is 14.9. The van der Waals surface area contributed by atoms with Gasteiger partial charge in [0.15, 0.2) is 43.1 Å². The Bertz CT molecular complexity index is 2360. The van der Waals surface area contributed by atoms with Gasteiger partial charge >= 0.3 is 35.8 Å². The van der Waals surface area contributed by atoms with Gasteiger partial charge in [0, 0.05) is 6.92 Å². The Morgan fingerprint density at radius 2 is 0.859 bits per heavy atom. The fourth-order valence-electron chi connectivity index (χ4n) is 6.91. The van der Waals surface area contributed by atoms with E-state index in [-0.39, 0.29) is 27.8 Å². The van der Waals surface area contributed by atoms with E-state index in [1.807, 2.05) is 0 Å². The zero-order valence-corrected chi connectivity index (χ0v) is 34.1. The van der Waals surface area contributed by atoms with E-state index < -0.39 is 104 Å². The average molecular weight is 875 g/mol. The van der Waals surface area contributed by atoms with Crippen molar-refractivity contribution in [1.82, 2.24) is 0 Å². The van der Waals surface area contributed by atoms with Crippen molar-refractivity contribution in [3.05, 3.63) is 179 Å². The second kappa shape index (κ2) is 21.2. The minimum atomic E-state index is -1.85. The van der Waals surface area contributed by atoms with E-state index >= 15 is 0 Å². The maximum absolute atomic E-state index is 14.0. The molecule has 0 aliphatic carbocycles. The van der Waals surface area contributed by atoms with Crippen LogP contribution in [0.5, 0.6) is 0 Å². The van der Waals surface area contributed by atoms with Gasteiger partial charge in [-0.1, -0.05) is 91.0 Å². The Morgan fingerprint density at radius 1 is 0.484 bits per heavy atom. The quantitative estimate of drug-likeness (QED) is 0.113. The Labute approximate surface area is 366 Å². The molecule has 2 saturated heterocycles. The molecule has 0 aromatic heterocycles. The number of aliphatic hydroxyl groups excluding tert-OH is 1. The summed E-state index contributed by atoms with van der Waals surface area (Å²) in [5.41, 5.74) is 0.484. The molecule has 0 saturated carbocycles. The van der Waals surface area contributed by atoms with Crippen LogP contribution in [0.2, 0.25) is 0 Å². The normalized spacial score (nSPS) is 23.9. The van der Waals surface area contributed by atoms with Crippen molar-refractivity contribution in [3.8, 4) is 0 Å². The molecule has 2 aliphatic rings. The van der Waals surface area contributed by atoms with Gasteiger partial charge in [0.2, 0.25) is 0 Å². The number of hydrogen-bond donors (Lipinski definition) is 1. The molecule has 64 heavy (non-hydrogen) atoms. The van der Waals surface area contributed by atoms with Crippen LogP contribution in [-0.2, 0) is 47.4 Å². The van der Waals surface area contributed by atoms with Crippen molar-refractivity contribution >= 4 is 35.8 Å². The minimum absolute atomic E-state index is 0.0564. The number of aliphatic hydroxyl groups is 1. The SMILES string of the molecule is CC(=O)O[C@@H]1C(OC(=O)c2ccccc2)C(O)OC[C@@H]1O[C@@H]1OC(COC(=O)c2ccccc2)[C@H](OC(=O)c2ccccc2)[C@H](OC(=O)c2ccccc2)C1OC(=O)c1ccccc1. The highest BCUT2D eigenvalue weighted by Gasteiger charge is 2.56. The lowest BCUT2D eigenvalue weighted by molar-refractivity contribution is -0.338. The lowest BCUT2D eigenvalue weighted by Crippen LogP contribution is -2.65. The fraction of sp³-hybridized carbons (Fsp3) is 0.250. The fourth-order valence-corrected chi connectivity index (χ4v) is 6.91.